The number of alkyl halides is 1. The van der Waals surface area contributed by atoms with E-state index in [1.165, 1.54) is 32.1 Å². The van der Waals surface area contributed by atoms with Gasteiger partial charge in [-0.25, -0.2) is 0 Å². The molecule has 2 aliphatic rings. The highest BCUT2D eigenvalue weighted by molar-refractivity contribution is 9.09. The Bertz CT molecular complexity index is 491. The molecule has 0 amide bonds. The first-order valence-electron chi connectivity index (χ1n) is 8.72. The van der Waals surface area contributed by atoms with Gasteiger partial charge in [-0.15, -0.1) is 0 Å². The monoisotopic (exact) mass is 382 g/mol. The summed E-state index contributed by atoms with van der Waals surface area (Å²) in [7, 11) is 3.39. The summed E-state index contributed by atoms with van der Waals surface area (Å²) in [6.45, 7) is 0. The Balaban J connectivity index is 1.78. The Kier molecular flexibility index (Phi) is 5.86. The SMILES string of the molecule is COc1cc(OC)cc([C@H]2C[C@@H](Br)C[C@@H](C3CCCCC3)O2)c1. The Morgan fingerprint density at radius 2 is 1.61 bits per heavy atom. The van der Waals surface area contributed by atoms with Crippen molar-refractivity contribution in [3.63, 3.8) is 0 Å². The second-order valence-corrected chi connectivity index (χ2v) is 8.07. The van der Waals surface area contributed by atoms with E-state index in [-0.39, 0.29) is 6.10 Å². The summed E-state index contributed by atoms with van der Waals surface area (Å²) in [5.41, 5.74) is 1.16. The first kappa shape index (κ1) is 17.1. The van der Waals surface area contributed by atoms with Crippen molar-refractivity contribution in [3.05, 3.63) is 23.8 Å². The van der Waals surface area contributed by atoms with E-state index in [9.17, 15) is 0 Å². The minimum atomic E-state index is 0.115. The molecule has 3 atom stereocenters. The maximum Gasteiger partial charge on any atom is 0.122 e. The molecular weight excluding hydrogens is 356 g/mol. The molecule has 23 heavy (non-hydrogen) atoms. The van der Waals surface area contributed by atoms with E-state index in [1.54, 1.807) is 14.2 Å². The zero-order valence-corrected chi connectivity index (χ0v) is 15.7. The van der Waals surface area contributed by atoms with Gasteiger partial charge in [0.1, 0.15) is 11.5 Å². The van der Waals surface area contributed by atoms with Crippen LogP contribution in [0.25, 0.3) is 0 Å². The summed E-state index contributed by atoms with van der Waals surface area (Å²) < 4.78 is 17.4. The molecule has 1 aromatic carbocycles. The third-order valence-electron chi connectivity index (χ3n) is 5.22. The minimum absolute atomic E-state index is 0.115. The lowest BCUT2D eigenvalue weighted by molar-refractivity contribution is -0.0828. The van der Waals surface area contributed by atoms with Crippen molar-refractivity contribution < 1.29 is 14.2 Å². The van der Waals surface area contributed by atoms with E-state index in [1.807, 2.05) is 6.07 Å². The molecule has 0 spiro atoms. The zero-order valence-electron chi connectivity index (χ0n) is 14.1. The van der Waals surface area contributed by atoms with Gasteiger partial charge in [0.05, 0.1) is 26.4 Å². The first-order chi connectivity index (χ1) is 11.2. The van der Waals surface area contributed by atoms with Gasteiger partial charge in [0.15, 0.2) is 0 Å². The van der Waals surface area contributed by atoms with E-state index in [0.717, 1.165) is 35.8 Å². The van der Waals surface area contributed by atoms with Gasteiger partial charge < -0.3 is 14.2 Å². The Morgan fingerprint density at radius 3 is 2.22 bits per heavy atom. The predicted molar refractivity (Wildman–Crippen MR) is 95.7 cm³/mol. The van der Waals surface area contributed by atoms with Crippen molar-refractivity contribution in [3.8, 4) is 11.5 Å². The van der Waals surface area contributed by atoms with Crippen molar-refractivity contribution >= 4 is 15.9 Å². The topological polar surface area (TPSA) is 27.7 Å². The minimum Gasteiger partial charge on any atom is -0.497 e. The highest BCUT2D eigenvalue weighted by atomic mass is 79.9. The average Bonchev–Trinajstić information content (AvgIpc) is 2.61. The number of hydrogen-bond acceptors (Lipinski definition) is 3. The Labute approximate surface area is 147 Å². The molecular formula is C19H27BrO3. The first-order valence-corrected chi connectivity index (χ1v) is 9.63. The third-order valence-corrected chi connectivity index (χ3v) is 5.97. The van der Waals surface area contributed by atoms with Crippen LogP contribution < -0.4 is 9.47 Å². The summed E-state index contributed by atoms with van der Waals surface area (Å²) in [6, 6.07) is 6.07. The number of hydrogen-bond donors (Lipinski definition) is 0. The summed E-state index contributed by atoms with van der Waals surface area (Å²) in [6.07, 6.45) is 9.35. The van der Waals surface area contributed by atoms with E-state index >= 15 is 0 Å². The fraction of sp³-hybridized carbons (Fsp3) is 0.684. The lowest BCUT2D eigenvalue weighted by Crippen LogP contribution is -2.35. The maximum atomic E-state index is 6.54. The molecule has 3 nitrogen and oxygen atoms in total. The number of halogens is 1. The van der Waals surface area contributed by atoms with Crippen LogP contribution in [-0.4, -0.2) is 25.2 Å². The van der Waals surface area contributed by atoms with Crippen LogP contribution >= 0.6 is 15.9 Å². The molecule has 1 aliphatic carbocycles. The van der Waals surface area contributed by atoms with Crippen molar-refractivity contribution in [2.45, 2.75) is 62.0 Å². The van der Waals surface area contributed by atoms with Gasteiger partial charge in [-0.05, 0) is 49.3 Å². The van der Waals surface area contributed by atoms with E-state index in [4.69, 9.17) is 14.2 Å². The summed E-state index contributed by atoms with van der Waals surface area (Å²) in [4.78, 5) is 0.519. The molecule has 0 radical (unpaired) electrons. The molecule has 0 bridgehead atoms. The van der Waals surface area contributed by atoms with Crippen LogP contribution in [-0.2, 0) is 4.74 Å². The van der Waals surface area contributed by atoms with Crippen molar-refractivity contribution in [2.24, 2.45) is 5.92 Å². The van der Waals surface area contributed by atoms with E-state index < -0.39 is 0 Å². The van der Waals surface area contributed by atoms with Crippen LogP contribution in [0.3, 0.4) is 0 Å². The molecule has 1 aromatic rings. The van der Waals surface area contributed by atoms with Gasteiger partial charge in [-0.3, -0.25) is 0 Å². The fourth-order valence-corrected chi connectivity index (χ4v) is 4.65. The fourth-order valence-electron chi connectivity index (χ4n) is 3.94. The highest BCUT2D eigenvalue weighted by Crippen LogP contribution is 2.42. The van der Waals surface area contributed by atoms with Crippen molar-refractivity contribution in [2.75, 3.05) is 14.2 Å². The van der Waals surface area contributed by atoms with Gasteiger partial charge in [-0.2, -0.15) is 0 Å². The number of rotatable bonds is 4. The Hall–Kier alpha value is -0.740. The van der Waals surface area contributed by atoms with E-state index in [0.29, 0.717) is 10.9 Å². The second-order valence-electron chi connectivity index (χ2n) is 6.78. The zero-order chi connectivity index (χ0) is 16.2. The van der Waals surface area contributed by atoms with Crippen LogP contribution in [0, 0.1) is 5.92 Å². The molecule has 3 rings (SSSR count). The van der Waals surface area contributed by atoms with Crippen molar-refractivity contribution in [1.29, 1.82) is 0 Å². The highest BCUT2D eigenvalue weighted by Gasteiger charge is 2.34. The maximum absolute atomic E-state index is 6.54. The van der Waals surface area contributed by atoms with Crippen LogP contribution in [0.15, 0.2) is 18.2 Å². The van der Waals surface area contributed by atoms with Crippen LogP contribution in [0.2, 0.25) is 0 Å². The third kappa shape index (κ3) is 4.21. The Morgan fingerprint density at radius 1 is 0.957 bits per heavy atom. The molecule has 128 valence electrons. The molecule has 1 saturated heterocycles. The van der Waals surface area contributed by atoms with Gasteiger partial charge in [-0.1, -0.05) is 35.2 Å². The molecule has 0 aromatic heterocycles. The summed E-state index contributed by atoms with van der Waals surface area (Å²) in [5, 5.41) is 0. The average molecular weight is 383 g/mol. The summed E-state index contributed by atoms with van der Waals surface area (Å²) in [5.74, 6) is 2.38. The van der Waals surface area contributed by atoms with Crippen LogP contribution in [0.1, 0.15) is 56.6 Å². The van der Waals surface area contributed by atoms with Gasteiger partial charge in [0.25, 0.3) is 0 Å². The standard InChI is InChI=1S/C19H27BrO3/c1-21-16-8-14(9-17(12-16)22-2)19-11-15(20)10-18(23-19)13-6-4-3-5-7-13/h8-9,12-13,15,18-19H,3-7,10-11H2,1-2H3/t15-,18-,19+/m0/s1. The number of ether oxygens (including phenoxy) is 3. The quantitative estimate of drug-likeness (QED) is 0.663. The molecule has 4 heteroatoms. The molecule has 1 aliphatic heterocycles. The molecule has 2 fully saturated rings. The van der Waals surface area contributed by atoms with Crippen LogP contribution in [0.4, 0.5) is 0 Å². The molecule has 0 N–H and O–H groups in total. The number of methoxy groups -OCH3 is 2. The second kappa shape index (κ2) is 7.89. The number of benzene rings is 1. The predicted octanol–water partition coefficient (Wildman–Crippen LogP) is 5.27. The van der Waals surface area contributed by atoms with Gasteiger partial charge >= 0.3 is 0 Å². The smallest absolute Gasteiger partial charge is 0.122 e. The van der Waals surface area contributed by atoms with E-state index in [2.05, 4.69) is 28.1 Å². The van der Waals surface area contributed by atoms with Crippen LogP contribution in [0.5, 0.6) is 11.5 Å². The lowest BCUT2D eigenvalue weighted by Gasteiger charge is -2.39. The molecule has 0 unspecified atom stereocenters. The van der Waals surface area contributed by atoms with Crippen molar-refractivity contribution in [1.82, 2.24) is 0 Å². The molecule has 1 saturated carbocycles. The lowest BCUT2D eigenvalue weighted by atomic mass is 9.82. The summed E-state index contributed by atoms with van der Waals surface area (Å²) >= 11 is 3.86. The van der Waals surface area contributed by atoms with Gasteiger partial charge in [0.2, 0.25) is 0 Å². The van der Waals surface area contributed by atoms with Gasteiger partial charge in [0, 0.05) is 10.9 Å². The normalized spacial score (nSPS) is 29.3. The molecule has 1 heterocycles. The largest absolute Gasteiger partial charge is 0.497 e.